The lowest BCUT2D eigenvalue weighted by atomic mass is 9.83. The van der Waals surface area contributed by atoms with E-state index >= 15 is 0 Å². The first-order valence-corrected chi connectivity index (χ1v) is 13.4. The van der Waals surface area contributed by atoms with E-state index in [1.807, 2.05) is 38.1 Å². The third kappa shape index (κ3) is 6.35. The number of nitrogens with one attached hydrogen (secondary N) is 1. The first-order chi connectivity index (χ1) is 18.6. The summed E-state index contributed by atoms with van der Waals surface area (Å²) in [5, 5.41) is 3.67. The number of esters is 1. The summed E-state index contributed by atoms with van der Waals surface area (Å²) < 4.78 is 5.37. The van der Waals surface area contributed by atoms with Gasteiger partial charge in [-0.3, -0.25) is 9.59 Å². The number of benzene rings is 3. The van der Waals surface area contributed by atoms with E-state index in [2.05, 4.69) is 5.32 Å². The van der Waals surface area contributed by atoms with Gasteiger partial charge < -0.3 is 15.0 Å². The van der Waals surface area contributed by atoms with Crippen molar-refractivity contribution in [3.8, 4) is 0 Å². The van der Waals surface area contributed by atoms with E-state index in [9.17, 15) is 14.4 Å². The molecule has 202 valence electrons. The van der Waals surface area contributed by atoms with Gasteiger partial charge in [-0.15, -0.1) is 0 Å². The second-order valence-electron chi connectivity index (χ2n) is 9.58. The summed E-state index contributed by atoms with van der Waals surface area (Å²) in [7, 11) is 0. The first kappa shape index (κ1) is 28.4. The number of carbonyl (C=O) groups excluding carboxylic acids is 3. The quantitative estimate of drug-likeness (QED) is 0.307. The molecule has 1 heterocycles. The average Bonchev–Trinajstić information content (AvgIpc) is 2.90. The van der Waals surface area contributed by atoms with Crippen molar-refractivity contribution in [2.45, 2.75) is 46.6 Å². The molecule has 0 bridgehead atoms. The molecule has 2 amide bonds. The van der Waals surface area contributed by atoms with Gasteiger partial charge in [0.05, 0.1) is 28.8 Å². The van der Waals surface area contributed by atoms with E-state index in [1.165, 1.54) is 0 Å². The van der Waals surface area contributed by atoms with Crippen LogP contribution in [0.2, 0.25) is 10.0 Å². The minimum absolute atomic E-state index is 0.0659. The van der Waals surface area contributed by atoms with Crippen molar-refractivity contribution in [1.29, 1.82) is 0 Å². The Morgan fingerprint density at radius 3 is 2.44 bits per heavy atom. The summed E-state index contributed by atoms with van der Waals surface area (Å²) in [6.07, 6.45) is 0.0659. The smallest absolute Gasteiger partial charge is 0.336 e. The number of carbonyl (C=O) groups is 3. The van der Waals surface area contributed by atoms with E-state index in [1.54, 1.807) is 55.1 Å². The van der Waals surface area contributed by atoms with Crippen LogP contribution in [-0.2, 0) is 20.9 Å². The average molecular weight is 565 g/mol. The molecule has 3 aromatic rings. The minimum Gasteiger partial charge on any atom is -0.463 e. The standard InChI is InChI=1S/C31H30Cl2N2O4/c1-5-39-31(38)29-20(4)35(28(36)16-25(29)22-10-12-26(32)27(33)15-22)17-21-7-6-8-23(14-21)30(37)34-24-11-9-18(2)19(3)13-24/h6-15,25H,5,16-17H2,1-4H3,(H,34,37). The highest BCUT2D eigenvalue weighted by atomic mass is 35.5. The van der Waals surface area contributed by atoms with Crippen LogP contribution < -0.4 is 5.32 Å². The Labute approximate surface area is 238 Å². The van der Waals surface area contributed by atoms with Crippen molar-refractivity contribution in [3.05, 3.63) is 110 Å². The van der Waals surface area contributed by atoms with E-state index < -0.39 is 11.9 Å². The summed E-state index contributed by atoms with van der Waals surface area (Å²) >= 11 is 12.3. The van der Waals surface area contributed by atoms with E-state index in [4.69, 9.17) is 27.9 Å². The zero-order chi connectivity index (χ0) is 28.3. The molecular formula is C31H30Cl2N2O4. The fourth-order valence-electron chi connectivity index (χ4n) is 4.71. The number of halogens is 2. The summed E-state index contributed by atoms with van der Waals surface area (Å²) in [6, 6.07) is 18.0. The van der Waals surface area contributed by atoms with Crippen molar-refractivity contribution in [3.63, 3.8) is 0 Å². The van der Waals surface area contributed by atoms with Crippen LogP contribution in [0, 0.1) is 13.8 Å². The van der Waals surface area contributed by atoms with E-state index in [0.29, 0.717) is 38.1 Å². The molecule has 1 aliphatic rings. The Morgan fingerprint density at radius 2 is 1.74 bits per heavy atom. The Morgan fingerprint density at radius 1 is 0.974 bits per heavy atom. The Hall–Kier alpha value is -3.61. The number of aryl methyl sites for hydroxylation is 2. The molecule has 1 aliphatic heterocycles. The van der Waals surface area contributed by atoms with Gasteiger partial charge in [0.2, 0.25) is 5.91 Å². The maximum Gasteiger partial charge on any atom is 0.336 e. The molecule has 0 radical (unpaired) electrons. The van der Waals surface area contributed by atoms with Crippen molar-refractivity contribution >= 4 is 46.7 Å². The van der Waals surface area contributed by atoms with Crippen LogP contribution in [0.25, 0.3) is 0 Å². The third-order valence-corrected chi connectivity index (χ3v) is 7.70. The molecule has 6 nitrogen and oxygen atoms in total. The van der Waals surface area contributed by atoms with Gasteiger partial charge in [0, 0.05) is 29.3 Å². The molecule has 8 heteroatoms. The normalized spacial score (nSPS) is 15.4. The largest absolute Gasteiger partial charge is 0.463 e. The van der Waals surface area contributed by atoms with Crippen molar-refractivity contribution in [2.24, 2.45) is 0 Å². The fraction of sp³-hybridized carbons (Fsp3) is 0.258. The molecule has 39 heavy (non-hydrogen) atoms. The molecule has 4 rings (SSSR count). The minimum atomic E-state index is -0.516. The predicted octanol–water partition coefficient (Wildman–Crippen LogP) is 7.22. The zero-order valence-corrected chi connectivity index (χ0v) is 23.8. The summed E-state index contributed by atoms with van der Waals surface area (Å²) in [5.41, 5.74) is 5.79. The third-order valence-electron chi connectivity index (χ3n) is 6.96. The lowest BCUT2D eigenvalue weighted by molar-refractivity contribution is -0.140. The van der Waals surface area contributed by atoms with Gasteiger partial charge in [0.15, 0.2) is 0 Å². The van der Waals surface area contributed by atoms with Gasteiger partial charge >= 0.3 is 5.97 Å². The topological polar surface area (TPSA) is 75.7 Å². The number of ether oxygens (including phenoxy) is 1. The number of allylic oxidation sites excluding steroid dienone is 1. The van der Waals surface area contributed by atoms with Gasteiger partial charge in [-0.25, -0.2) is 4.79 Å². The summed E-state index contributed by atoms with van der Waals surface area (Å²) in [6.45, 7) is 7.89. The number of rotatable bonds is 7. The molecule has 0 aliphatic carbocycles. The fourth-order valence-corrected chi connectivity index (χ4v) is 5.01. The summed E-state index contributed by atoms with van der Waals surface area (Å²) in [5.74, 6) is -1.39. The molecule has 1 unspecified atom stereocenters. The highest BCUT2D eigenvalue weighted by Crippen LogP contribution is 2.39. The highest BCUT2D eigenvalue weighted by molar-refractivity contribution is 6.42. The van der Waals surface area contributed by atoms with Crippen LogP contribution in [0.5, 0.6) is 0 Å². The van der Waals surface area contributed by atoms with Crippen LogP contribution in [-0.4, -0.2) is 29.3 Å². The lowest BCUT2D eigenvalue weighted by Gasteiger charge is -2.34. The van der Waals surface area contributed by atoms with Crippen LogP contribution in [0.1, 0.15) is 58.8 Å². The molecule has 1 N–H and O–H groups in total. The van der Waals surface area contributed by atoms with Gasteiger partial charge in [-0.1, -0.05) is 47.5 Å². The van der Waals surface area contributed by atoms with E-state index in [-0.39, 0.29) is 31.4 Å². The van der Waals surface area contributed by atoms with Gasteiger partial charge in [0.25, 0.3) is 5.91 Å². The van der Waals surface area contributed by atoms with Gasteiger partial charge in [-0.05, 0) is 86.3 Å². The molecule has 0 aromatic heterocycles. The van der Waals surface area contributed by atoms with Gasteiger partial charge in [-0.2, -0.15) is 0 Å². The zero-order valence-electron chi connectivity index (χ0n) is 22.3. The maximum atomic E-state index is 13.4. The van der Waals surface area contributed by atoms with Crippen molar-refractivity contribution in [2.75, 3.05) is 11.9 Å². The maximum absolute atomic E-state index is 13.4. The second-order valence-corrected chi connectivity index (χ2v) is 10.4. The van der Waals surface area contributed by atoms with E-state index in [0.717, 1.165) is 16.7 Å². The number of amides is 2. The van der Waals surface area contributed by atoms with Crippen LogP contribution in [0.3, 0.4) is 0 Å². The first-order valence-electron chi connectivity index (χ1n) is 12.7. The van der Waals surface area contributed by atoms with Crippen molar-refractivity contribution < 1.29 is 19.1 Å². The molecule has 0 saturated heterocycles. The Bertz CT molecular complexity index is 1480. The Balaban J connectivity index is 1.62. The number of anilines is 1. The second kappa shape index (κ2) is 12.1. The van der Waals surface area contributed by atoms with Crippen LogP contribution >= 0.6 is 23.2 Å². The number of nitrogens with zero attached hydrogens (tertiary/aromatic N) is 1. The van der Waals surface area contributed by atoms with Crippen molar-refractivity contribution in [1.82, 2.24) is 4.90 Å². The molecule has 0 spiro atoms. The molecule has 3 aromatic carbocycles. The monoisotopic (exact) mass is 564 g/mol. The number of hydrogen-bond acceptors (Lipinski definition) is 4. The molecular weight excluding hydrogens is 535 g/mol. The van der Waals surface area contributed by atoms with Gasteiger partial charge in [0.1, 0.15) is 0 Å². The SMILES string of the molecule is CCOC(=O)C1=C(C)N(Cc2cccc(C(=O)Nc3ccc(C)c(C)c3)c2)C(=O)CC1c1ccc(Cl)c(Cl)c1. The van der Waals surface area contributed by atoms with Crippen LogP contribution in [0.4, 0.5) is 5.69 Å². The highest BCUT2D eigenvalue weighted by Gasteiger charge is 2.37. The predicted molar refractivity (Wildman–Crippen MR) is 154 cm³/mol. The molecule has 0 fully saturated rings. The molecule has 1 atom stereocenters. The lowest BCUT2D eigenvalue weighted by Crippen LogP contribution is -2.38. The summed E-state index contributed by atoms with van der Waals surface area (Å²) in [4.78, 5) is 41.0. The number of hydrogen-bond donors (Lipinski definition) is 1. The van der Waals surface area contributed by atoms with Crippen LogP contribution in [0.15, 0.2) is 71.9 Å². The molecule has 0 saturated carbocycles. The Kier molecular flexibility index (Phi) is 8.78.